The van der Waals surface area contributed by atoms with E-state index in [1.54, 1.807) is 19.1 Å². The SMILES string of the molecule is CCC(=Nc1ccc2c(c1)CC1(C(=O)N(C)C(=O)N(C)C1=O)[C@@H]1CCCN21)c1c(O)n(C)c(=O)n(C)c1=O. The van der Waals surface area contributed by atoms with Crippen LogP contribution in [0.4, 0.5) is 16.2 Å². The Balaban J connectivity index is 1.64. The van der Waals surface area contributed by atoms with Gasteiger partial charge >= 0.3 is 11.7 Å². The van der Waals surface area contributed by atoms with Gasteiger partial charge in [-0.3, -0.25) is 38.3 Å². The van der Waals surface area contributed by atoms with Crippen molar-refractivity contribution in [3.8, 4) is 5.88 Å². The monoisotopic (exact) mass is 522 g/mol. The van der Waals surface area contributed by atoms with E-state index in [4.69, 9.17) is 0 Å². The predicted molar refractivity (Wildman–Crippen MR) is 139 cm³/mol. The number of hydrogen-bond acceptors (Lipinski definition) is 8. The number of aromatic hydroxyl groups is 1. The molecule has 12 heteroatoms. The van der Waals surface area contributed by atoms with E-state index in [1.807, 2.05) is 6.07 Å². The van der Waals surface area contributed by atoms with Gasteiger partial charge in [-0.15, -0.1) is 0 Å². The van der Waals surface area contributed by atoms with Gasteiger partial charge in [-0.05, 0) is 49.4 Å². The molecular weight excluding hydrogens is 492 g/mol. The maximum Gasteiger partial charge on any atom is 0.333 e. The van der Waals surface area contributed by atoms with Crippen LogP contribution in [0.25, 0.3) is 0 Å². The van der Waals surface area contributed by atoms with E-state index in [0.29, 0.717) is 25.1 Å². The van der Waals surface area contributed by atoms with Crippen molar-refractivity contribution in [3.63, 3.8) is 0 Å². The van der Waals surface area contributed by atoms with Crippen LogP contribution in [0.3, 0.4) is 0 Å². The van der Waals surface area contributed by atoms with Crippen molar-refractivity contribution in [2.24, 2.45) is 24.5 Å². The molecule has 2 fully saturated rings. The molecule has 3 aliphatic rings. The molecule has 0 radical (unpaired) electrons. The zero-order chi connectivity index (χ0) is 27.7. The molecule has 0 unspecified atom stereocenters. The number of carbonyl (C=O) groups excluding carboxylic acids is 3. The Bertz CT molecular complexity index is 1530. The highest BCUT2D eigenvalue weighted by molar-refractivity contribution is 6.20. The second-order valence-electron chi connectivity index (χ2n) is 10.1. The van der Waals surface area contributed by atoms with Crippen molar-refractivity contribution < 1.29 is 19.5 Å². The molecule has 0 aliphatic carbocycles. The number of aliphatic imine (C=N–C) groups is 1. The van der Waals surface area contributed by atoms with Gasteiger partial charge in [-0.25, -0.2) is 9.59 Å². The van der Waals surface area contributed by atoms with Crippen LogP contribution in [0.2, 0.25) is 0 Å². The molecule has 1 spiro atoms. The minimum Gasteiger partial charge on any atom is -0.494 e. The standard InChI is InChI=1S/C26H30N6O6/c1-6-16(19-20(33)28(2)24(37)29(3)21(19)34)27-15-9-10-17-14(12-15)13-26(18-8-7-11-32(17)18)22(35)30(4)25(38)31(5)23(26)36/h9-10,12,18,33H,6-8,11,13H2,1-5H3/t18-/m0/s1. The molecule has 200 valence electrons. The molecule has 0 bridgehead atoms. The first-order valence-corrected chi connectivity index (χ1v) is 12.5. The van der Waals surface area contributed by atoms with Gasteiger partial charge in [-0.2, -0.15) is 0 Å². The van der Waals surface area contributed by atoms with Crippen LogP contribution in [0, 0.1) is 5.41 Å². The molecule has 1 aromatic carbocycles. The van der Waals surface area contributed by atoms with Gasteiger partial charge in [0.05, 0.1) is 17.4 Å². The van der Waals surface area contributed by atoms with Gasteiger partial charge in [-0.1, -0.05) is 6.92 Å². The van der Waals surface area contributed by atoms with E-state index in [0.717, 1.165) is 36.6 Å². The topological polar surface area (TPSA) is 138 Å². The van der Waals surface area contributed by atoms with Gasteiger partial charge in [0.2, 0.25) is 17.7 Å². The minimum absolute atomic E-state index is 0.0645. The maximum atomic E-state index is 13.6. The molecule has 1 atom stereocenters. The first-order chi connectivity index (χ1) is 17.9. The fourth-order valence-electron chi connectivity index (χ4n) is 6.13. The summed E-state index contributed by atoms with van der Waals surface area (Å²) < 4.78 is 1.90. The largest absolute Gasteiger partial charge is 0.494 e. The second-order valence-corrected chi connectivity index (χ2v) is 10.1. The fourth-order valence-corrected chi connectivity index (χ4v) is 6.13. The number of urea groups is 1. The first-order valence-electron chi connectivity index (χ1n) is 12.5. The Morgan fingerprint density at radius 2 is 1.68 bits per heavy atom. The summed E-state index contributed by atoms with van der Waals surface area (Å²) in [6, 6.07) is 4.45. The molecule has 2 aromatic rings. The van der Waals surface area contributed by atoms with E-state index < -0.39 is 40.4 Å². The van der Waals surface area contributed by atoms with Crippen molar-refractivity contribution in [3.05, 3.63) is 50.2 Å². The zero-order valence-corrected chi connectivity index (χ0v) is 22.0. The average molecular weight is 523 g/mol. The summed E-state index contributed by atoms with van der Waals surface area (Å²) in [6.45, 7) is 2.46. The van der Waals surface area contributed by atoms with Gasteiger partial charge in [0, 0.05) is 40.4 Å². The molecular formula is C26H30N6O6. The van der Waals surface area contributed by atoms with Crippen LogP contribution in [0.5, 0.6) is 5.88 Å². The quantitative estimate of drug-likeness (QED) is 0.467. The third kappa shape index (κ3) is 3.28. The van der Waals surface area contributed by atoms with Crippen LogP contribution >= 0.6 is 0 Å². The molecule has 4 heterocycles. The van der Waals surface area contributed by atoms with Crippen molar-refractivity contribution in [2.75, 3.05) is 25.5 Å². The summed E-state index contributed by atoms with van der Waals surface area (Å²) in [5.41, 5.74) is -0.407. The van der Waals surface area contributed by atoms with Gasteiger partial charge in [0.15, 0.2) is 5.41 Å². The summed E-state index contributed by atoms with van der Waals surface area (Å²) >= 11 is 0. The van der Waals surface area contributed by atoms with Crippen LogP contribution < -0.4 is 16.1 Å². The van der Waals surface area contributed by atoms with E-state index >= 15 is 0 Å². The number of aromatic nitrogens is 2. The number of nitrogens with zero attached hydrogens (tertiary/aromatic N) is 6. The number of carbonyl (C=O) groups is 3. The summed E-state index contributed by atoms with van der Waals surface area (Å²) in [4.78, 5) is 73.5. The number of hydrogen-bond donors (Lipinski definition) is 1. The summed E-state index contributed by atoms with van der Waals surface area (Å²) in [5, 5.41) is 10.6. The first kappa shape index (κ1) is 25.4. The van der Waals surface area contributed by atoms with Crippen LogP contribution in [0.15, 0.2) is 32.8 Å². The molecule has 5 rings (SSSR count). The van der Waals surface area contributed by atoms with Crippen molar-refractivity contribution >= 4 is 34.9 Å². The van der Waals surface area contributed by atoms with Crippen LogP contribution in [0.1, 0.15) is 37.3 Å². The van der Waals surface area contributed by atoms with Gasteiger partial charge < -0.3 is 10.0 Å². The van der Waals surface area contributed by atoms with E-state index in [-0.39, 0.29) is 23.7 Å². The third-order valence-electron chi connectivity index (χ3n) is 8.13. The number of imide groups is 2. The predicted octanol–water partition coefficient (Wildman–Crippen LogP) is 0.882. The maximum absolute atomic E-state index is 13.6. The fraction of sp³-hybridized carbons (Fsp3) is 0.462. The highest BCUT2D eigenvalue weighted by atomic mass is 16.3. The summed E-state index contributed by atoms with van der Waals surface area (Å²) in [6.07, 6.45) is 1.87. The lowest BCUT2D eigenvalue weighted by Gasteiger charge is -2.50. The summed E-state index contributed by atoms with van der Waals surface area (Å²) in [7, 11) is 5.51. The molecule has 4 amide bonds. The second kappa shape index (κ2) is 8.67. The zero-order valence-electron chi connectivity index (χ0n) is 22.0. The van der Waals surface area contributed by atoms with E-state index in [1.165, 1.54) is 28.2 Å². The normalized spacial score (nSPS) is 20.9. The Morgan fingerprint density at radius 3 is 2.32 bits per heavy atom. The smallest absolute Gasteiger partial charge is 0.333 e. The highest BCUT2D eigenvalue weighted by Gasteiger charge is 2.63. The number of rotatable bonds is 3. The number of benzene rings is 1. The molecule has 12 nitrogen and oxygen atoms in total. The lowest BCUT2D eigenvalue weighted by molar-refractivity contribution is -0.159. The Labute approximate surface area is 218 Å². The molecule has 38 heavy (non-hydrogen) atoms. The summed E-state index contributed by atoms with van der Waals surface area (Å²) in [5.74, 6) is -1.48. The number of barbiturate groups is 1. The van der Waals surface area contributed by atoms with Crippen molar-refractivity contribution in [2.45, 2.75) is 38.6 Å². The van der Waals surface area contributed by atoms with Gasteiger partial charge in [0.1, 0.15) is 5.56 Å². The minimum atomic E-state index is -1.43. The third-order valence-corrected chi connectivity index (χ3v) is 8.13. The number of anilines is 1. The molecule has 1 N–H and O–H groups in total. The molecule has 3 aliphatic heterocycles. The Morgan fingerprint density at radius 1 is 1.03 bits per heavy atom. The highest BCUT2D eigenvalue weighted by Crippen LogP contribution is 2.49. The van der Waals surface area contributed by atoms with E-state index in [2.05, 4.69) is 9.89 Å². The molecule has 2 saturated heterocycles. The Hall–Kier alpha value is -4.22. The number of fused-ring (bicyclic) bond motifs is 4. The van der Waals surface area contributed by atoms with Gasteiger partial charge in [0.25, 0.3) is 5.56 Å². The van der Waals surface area contributed by atoms with E-state index in [9.17, 15) is 29.1 Å². The lowest BCUT2D eigenvalue weighted by atomic mass is 9.68. The lowest BCUT2D eigenvalue weighted by Crippen LogP contribution is -2.70. The van der Waals surface area contributed by atoms with Crippen LogP contribution in [-0.4, -0.2) is 74.3 Å². The van der Waals surface area contributed by atoms with Crippen molar-refractivity contribution in [1.29, 1.82) is 0 Å². The van der Waals surface area contributed by atoms with Crippen molar-refractivity contribution in [1.82, 2.24) is 18.9 Å². The van der Waals surface area contributed by atoms with Crippen LogP contribution in [-0.2, 0) is 30.1 Å². The Kier molecular flexibility index (Phi) is 5.80. The molecule has 0 saturated carbocycles. The molecule has 1 aromatic heterocycles. The number of amides is 4. The average Bonchev–Trinajstić information content (AvgIpc) is 3.42.